The monoisotopic (exact) mass is 449 g/mol. The number of carbonyl (C=O) groups is 3. The average molecular weight is 450 g/mol. The van der Waals surface area contributed by atoms with Crippen molar-refractivity contribution in [3.8, 4) is 11.5 Å². The molecule has 31 heavy (non-hydrogen) atoms. The molecule has 0 bridgehead atoms. The van der Waals surface area contributed by atoms with Crippen molar-refractivity contribution in [2.75, 3.05) is 32.2 Å². The van der Waals surface area contributed by atoms with E-state index in [1.165, 1.54) is 7.11 Å². The first-order chi connectivity index (χ1) is 14.6. The predicted octanol–water partition coefficient (Wildman–Crippen LogP) is 3.13. The second kappa shape index (κ2) is 9.09. The number of hydrogen-bond donors (Lipinski definition) is 2. The minimum Gasteiger partial charge on any atom is -0.493 e. The second-order valence-electron chi connectivity index (χ2n) is 8.20. The first kappa shape index (κ1) is 22.8. The molecule has 2 N–H and O–H groups in total. The number of carbonyl (C=O) groups excluding carboxylic acids is 3. The Balaban J connectivity index is 1.86. The third-order valence-corrected chi connectivity index (χ3v) is 5.52. The van der Waals surface area contributed by atoms with Crippen LogP contribution in [0, 0.1) is 0 Å². The third-order valence-electron chi connectivity index (χ3n) is 4.71. The second-order valence-corrected chi connectivity index (χ2v) is 9.21. The summed E-state index contributed by atoms with van der Waals surface area (Å²) >= 11 is 0.855. The van der Waals surface area contributed by atoms with Crippen LogP contribution in [0.15, 0.2) is 17.0 Å². The fourth-order valence-corrected chi connectivity index (χ4v) is 4.08. The normalized spacial score (nSPS) is 20.1. The Morgan fingerprint density at radius 1 is 1.23 bits per heavy atom. The zero-order valence-electron chi connectivity index (χ0n) is 18.2. The molecule has 3 rings (SSSR count). The van der Waals surface area contributed by atoms with E-state index < -0.39 is 22.8 Å². The maximum Gasteiger partial charge on any atom is 0.407 e. The van der Waals surface area contributed by atoms with Gasteiger partial charge in [0, 0.05) is 30.4 Å². The van der Waals surface area contributed by atoms with Gasteiger partial charge in [0.2, 0.25) is 0 Å². The summed E-state index contributed by atoms with van der Waals surface area (Å²) in [5, 5.41) is 4.76. The lowest BCUT2D eigenvalue weighted by Crippen LogP contribution is -2.40. The van der Waals surface area contributed by atoms with Crippen molar-refractivity contribution in [3.05, 3.63) is 22.6 Å². The molecule has 0 aliphatic carbocycles. The highest BCUT2D eigenvalue weighted by molar-refractivity contribution is 8.18. The summed E-state index contributed by atoms with van der Waals surface area (Å²) in [4.78, 5) is 38.1. The number of benzene rings is 1. The molecular weight excluding hydrogens is 422 g/mol. The van der Waals surface area contributed by atoms with Crippen LogP contribution < -0.4 is 25.0 Å². The van der Waals surface area contributed by atoms with Crippen LogP contribution >= 0.6 is 11.8 Å². The number of nitrogens with zero attached hydrogens (tertiary/aromatic N) is 1. The molecule has 1 atom stereocenters. The first-order valence-corrected chi connectivity index (χ1v) is 10.7. The van der Waals surface area contributed by atoms with Crippen LogP contribution in [0.25, 0.3) is 6.08 Å². The van der Waals surface area contributed by atoms with Crippen molar-refractivity contribution >= 4 is 40.8 Å². The fourth-order valence-electron chi connectivity index (χ4n) is 3.41. The number of thioether (sulfide) groups is 1. The smallest absolute Gasteiger partial charge is 0.407 e. The summed E-state index contributed by atoms with van der Waals surface area (Å²) in [5.74, 6) is 0.625. The van der Waals surface area contributed by atoms with Gasteiger partial charge >= 0.3 is 6.09 Å². The minimum absolute atomic E-state index is 0.0887. The van der Waals surface area contributed by atoms with E-state index in [2.05, 4.69) is 15.5 Å². The molecule has 10 heteroatoms. The first-order valence-electron chi connectivity index (χ1n) is 9.85. The SMILES string of the molecule is COc1cc(/C=C2/SC(=O)NC2=O)c(N2CCC(NC(=O)OC(C)(C)C)C2)cc1OC. The van der Waals surface area contributed by atoms with Gasteiger partial charge in [-0.1, -0.05) is 0 Å². The molecule has 0 saturated carbocycles. The van der Waals surface area contributed by atoms with Crippen molar-refractivity contribution in [2.45, 2.75) is 38.8 Å². The molecular formula is C21H27N3O6S. The van der Waals surface area contributed by atoms with Gasteiger partial charge in [-0.05, 0) is 51.1 Å². The Hall–Kier alpha value is -2.88. The average Bonchev–Trinajstić information content (AvgIpc) is 3.25. The van der Waals surface area contributed by atoms with Gasteiger partial charge in [-0.25, -0.2) is 4.79 Å². The predicted molar refractivity (Wildman–Crippen MR) is 119 cm³/mol. The van der Waals surface area contributed by atoms with E-state index >= 15 is 0 Å². The highest BCUT2D eigenvalue weighted by Gasteiger charge is 2.30. The van der Waals surface area contributed by atoms with E-state index in [0.717, 1.165) is 23.9 Å². The Morgan fingerprint density at radius 2 is 1.90 bits per heavy atom. The summed E-state index contributed by atoms with van der Waals surface area (Å²) in [5.41, 5.74) is 0.955. The lowest BCUT2D eigenvalue weighted by atomic mass is 10.1. The molecule has 1 aromatic rings. The van der Waals surface area contributed by atoms with Gasteiger partial charge in [-0.3, -0.25) is 14.9 Å². The highest BCUT2D eigenvalue weighted by atomic mass is 32.2. The number of imide groups is 1. The van der Waals surface area contributed by atoms with Gasteiger partial charge in [0.15, 0.2) is 11.5 Å². The fraction of sp³-hybridized carbons (Fsp3) is 0.476. The standard InChI is InChI=1S/C21H27N3O6S/c1-21(2,3)30-19(26)22-13-6-7-24(11-13)14-10-16(29-5)15(28-4)8-12(14)9-17-18(25)23-20(27)31-17/h8-10,13H,6-7,11H2,1-5H3,(H,22,26)(H,23,25,27)/b17-9+. The molecule has 0 spiro atoms. The molecule has 2 aliphatic heterocycles. The van der Waals surface area contributed by atoms with Gasteiger partial charge in [0.25, 0.3) is 11.1 Å². The van der Waals surface area contributed by atoms with Crippen LogP contribution in [0.1, 0.15) is 32.8 Å². The number of hydrogen-bond acceptors (Lipinski definition) is 8. The Bertz CT molecular complexity index is 924. The molecule has 0 radical (unpaired) electrons. The number of alkyl carbamates (subject to hydrolysis) is 1. The molecule has 9 nitrogen and oxygen atoms in total. The lowest BCUT2D eigenvalue weighted by molar-refractivity contribution is -0.115. The number of amides is 3. The number of methoxy groups -OCH3 is 2. The van der Waals surface area contributed by atoms with Crippen molar-refractivity contribution in [1.29, 1.82) is 0 Å². The molecule has 0 aromatic heterocycles. The molecule has 168 valence electrons. The number of ether oxygens (including phenoxy) is 3. The number of rotatable bonds is 5. The Labute approximate surface area is 185 Å². The molecule has 1 unspecified atom stereocenters. The topological polar surface area (TPSA) is 106 Å². The third kappa shape index (κ3) is 5.63. The zero-order valence-corrected chi connectivity index (χ0v) is 19.1. The van der Waals surface area contributed by atoms with Gasteiger partial charge in [-0.15, -0.1) is 0 Å². The van der Waals surface area contributed by atoms with Crippen molar-refractivity contribution in [2.24, 2.45) is 0 Å². The highest BCUT2D eigenvalue weighted by Crippen LogP contribution is 2.39. The van der Waals surface area contributed by atoms with Gasteiger partial charge in [0.05, 0.1) is 25.2 Å². The number of nitrogens with one attached hydrogen (secondary N) is 2. The summed E-state index contributed by atoms with van der Waals surface area (Å²) in [7, 11) is 3.08. The van der Waals surface area contributed by atoms with Crippen LogP contribution in [0.5, 0.6) is 11.5 Å². The van der Waals surface area contributed by atoms with Crippen LogP contribution in [-0.4, -0.2) is 56.2 Å². The van der Waals surface area contributed by atoms with E-state index in [0.29, 0.717) is 35.1 Å². The van der Waals surface area contributed by atoms with Gasteiger partial charge in [0.1, 0.15) is 5.60 Å². The summed E-state index contributed by atoms with van der Waals surface area (Å²) in [6, 6.07) is 3.52. The molecule has 2 fully saturated rings. The molecule has 2 heterocycles. The summed E-state index contributed by atoms with van der Waals surface area (Å²) in [6.45, 7) is 6.70. The maximum absolute atomic E-state index is 12.1. The van der Waals surface area contributed by atoms with Crippen molar-refractivity contribution in [1.82, 2.24) is 10.6 Å². The number of anilines is 1. The van der Waals surface area contributed by atoms with Crippen LogP contribution in [0.2, 0.25) is 0 Å². The van der Waals surface area contributed by atoms with E-state index in [4.69, 9.17) is 14.2 Å². The van der Waals surface area contributed by atoms with Crippen LogP contribution in [0.3, 0.4) is 0 Å². The van der Waals surface area contributed by atoms with Gasteiger partial charge < -0.3 is 24.4 Å². The molecule has 2 saturated heterocycles. The van der Waals surface area contributed by atoms with Crippen LogP contribution in [-0.2, 0) is 9.53 Å². The molecule has 1 aromatic carbocycles. The van der Waals surface area contributed by atoms with Gasteiger partial charge in [-0.2, -0.15) is 0 Å². The lowest BCUT2D eigenvalue weighted by Gasteiger charge is -2.24. The van der Waals surface area contributed by atoms with E-state index in [1.54, 1.807) is 19.3 Å². The Kier molecular flexibility index (Phi) is 6.68. The summed E-state index contributed by atoms with van der Waals surface area (Å²) in [6.07, 6.45) is 1.94. The summed E-state index contributed by atoms with van der Waals surface area (Å²) < 4.78 is 16.2. The van der Waals surface area contributed by atoms with E-state index in [-0.39, 0.29) is 6.04 Å². The van der Waals surface area contributed by atoms with E-state index in [9.17, 15) is 14.4 Å². The Morgan fingerprint density at radius 3 is 2.48 bits per heavy atom. The largest absolute Gasteiger partial charge is 0.493 e. The minimum atomic E-state index is -0.567. The van der Waals surface area contributed by atoms with E-state index in [1.807, 2.05) is 26.8 Å². The molecule has 3 amide bonds. The van der Waals surface area contributed by atoms with Crippen molar-refractivity contribution < 1.29 is 28.6 Å². The maximum atomic E-state index is 12.1. The molecule has 2 aliphatic rings. The zero-order chi connectivity index (χ0) is 22.8. The van der Waals surface area contributed by atoms with Crippen LogP contribution in [0.4, 0.5) is 15.3 Å². The quantitative estimate of drug-likeness (QED) is 0.661. The van der Waals surface area contributed by atoms with Crippen molar-refractivity contribution in [3.63, 3.8) is 0 Å².